The fourth-order valence-corrected chi connectivity index (χ4v) is 4.64. The van der Waals surface area contributed by atoms with E-state index in [2.05, 4.69) is 5.32 Å². The second kappa shape index (κ2) is 28.4. The number of ether oxygens (including phenoxy) is 10. The van der Waals surface area contributed by atoms with Crippen molar-refractivity contribution in [3.63, 3.8) is 0 Å². The zero-order valence-electron chi connectivity index (χ0n) is 31.3. The highest BCUT2D eigenvalue weighted by Gasteiger charge is 2.30. The van der Waals surface area contributed by atoms with E-state index in [0.717, 1.165) is 17.0 Å². The number of para-hydroxylation sites is 1. The Morgan fingerprint density at radius 2 is 0.946 bits per heavy atom. The van der Waals surface area contributed by atoms with Gasteiger partial charge in [0.1, 0.15) is 6.61 Å². The van der Waals surface area contributed by atoms with Gasteiger partial charge in [0.25, 0.3) is 11.8 Å². The van der Waals surface area contributed by atoms with Gasteiger partial charge in [-0.15, -0.1) is 0 Å². The number of carbonyl (C=O) groups excluding carboxylic acids is 3. The molecule has 3 rings (SSSR count). The largest absolute Gasteiger partial charge is 0.460 e. The molecule has 312 valence electrons. The lowest BCUT2D eigenvalue weighted by Crippen LogP contribution is -2.33. The molecule has 2 aromatic carbocycles. The first-order chi connectivity index (χ1) is 27.3. The van der Waals surface area contributed by atoms with E-state index in [4.69, 9.17) is 47.4 Å². The number of halogens is 3. The minimum absolute atomic E-state index is 0.0108. The van der Waals surface area contributed by atoms with Gasteiger partial charge in [0.15, 0.2) is 0 Å². The minimum atomic E-state index is -4.48. The van der Waals surface area contributed by atoms with Crippen LogP contribution < -0.4 is 5.32 Å². The Kier molecular flexibility index (Phi) is 23.5. The van der Waals surface area contributed by atoms with E-state index in [0.29, 0.717) is 105 Å². The van der Waals surface area contributed by atoms with E-state index in [1.54, 1.807) is 18.2 Å². The molecule has 1 aliphatic heterocycles. The standard InChI is InChI=1S/C38H51F3N2O13/c39-38(40,41)31-4-3-5-32(30-31)42-34-7-2-1-6-33(34)37(46)56-29-28-55-27-26-54-25-24-53-23-22-52-21-20-51-19-18-50-17-16-49-15-14-48-13-12-47-11-10-43-35(44)8-9-36(43)45/h1-9,30,42H,10-29H2. The van der Waals surface area contributed by atoms with E-state index >= 15 is 0 Å². The number of benzene rings is 2. The Morgan fingerprint density at radius 1 is 0.536 bits per heavy atom. The monoisotopic (exact) mass is 800 g/mol. The Balaban J connectivity index is 1.00. The van der Waals surface area contributed by atoms with Crippen molar-refractivity contribution in [3.8, 4) is 0 Å². The average molecular weight is 801 g/mol. The molecule has 56 heavy (non-hydrogen) atoms. The van der Waals surface area contributed by atoms with Crippen molar-refractivity contribution >= 4 is 29.2 Å². The van der Waals surface area contributed by atoms with Gasteiger partial charge in [-0.05, 0) is 30.3 Å². The summed E-state index contributed by atoms with van der Waals surface area (Å²) in [6.45, 7) is 7.02. The number of hydrogen-bond donors (Lipinski definition) is 1. The Morgan fingerprint density at radius 3 is 1.39 bits per heavy atom. The fourth-order valence-electron chi connectivity index (χ4n) is 4.64. The number of anilines is 2. The van der Waals surface area contributed by atoms with Gasteiger partial charge >= 0.3 is 12.1 Å². The number of amides is 2. The molecule has 0 saturated carbocycles. The molecule has 18 heteroatoms. The first-order valence-electron chi connectivity index (χ1n) is 18.2. The van der Waals surface area contributed by atoms with Crippen LogP contribution >= 0.6 is 0 Å². The second-order valence-electron chi connectivity index (χ2n) is 11.6. The molecule has 0 atom stereocenters. The van der Waals surface area contributed by atoms with E-state index < -0.39 is 17.7 Å². The average Bonchev–Trinajstić information content (AvgIpc) is 3.51. The Bertz CT molecular complexity index is 1430. The summed E-state index contributed by atoms with van der Waals surface area (Å²) in [5, 5.41) is 2.85. The van der Waals surface area contributed by atoms with Gasteiger partial charge in [-0.2, -0.15) is 13.2 Å². The molecule has 0 fully saturated rings. The summed E-state index contributed by atoms with van der Waals surface area (Å²) >= 11 is 0. The molecule has 2 amide bonds. The maximum atomic E-state index is 13.1. The van der Waals surface area contributed by atoms with Crippen LogP contribution in [0.15, 0.2) is 60.7 Å². The van der Waals surface area contributed by atoms with E-state index in [1.165, 1.54) is 30.4 Å². The topological polar surface area (TPSA) is 159 Å². The molecule has 0 unspecified atom stereocenters. The van der Waals surface area contributed by atoms with Crippen molar-refractivity contribution in [2.75, 3.05) is 137 Å². The third-order valence-electron chi connectivity index (χ3n) is 7.41. The zero-order valence-corrected chi connectivity index (χ0v) is 31.3. The highest BCUT2D eigenvalue weighted by molar-refractivity contribution is 6.12. The summed E-state index contributed by atoms with van der Waals surface area (Å²) in [4.78, 5) is 36.5. The van der Waals surface area contributed by atoms with Crippen molar-refractivity contribution in [1.82, 2.24) is 4.90 Å². The third kappa shape index (κ3) is 20.3. The molecule has 0 aromatic heterocycles. The summed E-state index contributed by atoms with van der Waals surface area (Å²) in [5.41, 5.74) is -0.117. The summed E-state index contributed by atoms with van der Waals surface area (Å²) < 4.78 is 93.3. The lowest BCUT2D eigenvalue weighted by molar-refractivity contribution is -0.138. The van der Waals surface area contributed by atoms with Gasteiger partial charge in [-0.1, -0.05) is 18.2 Å². The van der Waals surface area contributed by atoms with Crippen LogP contribution in [0.1, 0.15) is 15.9 Å². The zero-order chi connectivity index (χ0) is 40.1. The maximum absolute atomic E-state index is 13.1. The first-order valence-corrected chi connectivity index (χ1v) is 18.2. The van der Waals surface area contributed by atoms with Crippen LogP contribution in [0.2, 0.25) is 0 Å². The van der Waals surface area contributed by atoms with Crippen LogP contribution in [-0.2, 0) is 63.1 Å². The molecule has 2 aromatic rings. The van der Waals surface area contributed by atoms with Gasteiger partial charge in [0.05, 0.1) is 142 Å². The van der Waals surface area contributed by atoms with Crippen molar-refractivity contribution in [2.45, 2.75) is 6.18 Å². The predicted octanol–water partition coefficient (Wildman–Crippen LogP) is 3.68. The van der Waals surface area contributed by atoms with Gasteiger partial charge in [0.2, 0.25) is 0 Å². The predicted molar refractivity (Wildman–Crippen MR) is 195 cm³/mol. The van der Waals surface area contributed by atoms with Crippen molar-refractivity contribution in [3.05, 3.63) is 71.8 Å². The van der Waals surface area contributed by atoms with Crippen LogP contribution in [0.3, 0.4) is 0 Å². The molecule has 0 radical (unpaired) electrons. The molecule has 0 bridgehead atoms. The van der Waals surface area contributed by atoms with Crippen LogP contribution in [0.25, 0.3) is 0 Å². The first kappa shape index (κ1) is 46.4. The molecule has 1 aliphatic rings. The quantitative estimate of drug-likeness (QED) is 0.0633. The van der Waals surface area contributed by atoms with Crippen LogP contribution in [0.4, 0.5) is 24.5 Å². The number of nitrogens with one attached hydrogen (secondary N) is 1. The number of imide groups is 1. The molecule has 1 N–H and O–H groups in total. The highest BCUT2D eigenvalue weighted by Crippen LogP contribution is 2.32. The van der Waals surface area contributed by atoms with Crippen LogP contribution in [0.5, 0.6) is 0 Å². The maximum Gasteiger partial charge on any atom is 0.416 e. The lowest BCUT2D eigenvalue weighted by Gasteiger charge is -2.13. The smallest absolute Gasteiger partial charge is 0.416 e. The molecule has 1 heterocycles. The van der Waals surface area contributed by atoms with Gasteiger partial charge in [-0.25, -0.2) is 4.79 Å². The van der Waals surface area contributed by atoms with Crippen molar-refractivity contribution < 1.29 is 74.9 Å². The Hall–Kier alpha value is -3.98. The van der Waals surface area contributed by atoms with E-state index in [1.807, 2.05) is 0 Å². The summed E-state index contributed by atoms with van der Waals surface area (Å²) in [5.74, 6) is -1.28. The summed E-state index contributed by atoms with van der Waals surface area (Å²) in [6.07, 6.45) is -2.00. The van der Waals surface area contributed by atoms with E-state index in [9.17, 15) is 27.6 Å². The molecule has 0 aliphatic carbocycles. The number of hydrogen-bond acceptors (Lipinski definition) is 14. The van der Waals surface area contributed by atoms with Gasteiger partial charge in [0, 0.05) is 17.8 Å². The van der Waals surface area contributed by atoms with Crippen molar-refractivity contribution in [2.24, 2.45) is 0 Å². The second-order valence-corrected chi connectivity index (χ2v) is 11.6. The SMILES string of the molecule is O=C(OCCOCCOCCOCCOCCOCCOCCOCCOCCOCCN1C(=O)C=CC1=O)c1ccccc1Nc1cccc(C(F)(F)F)c1. The number of esters is 1. The molecule has 0 saturated heterocycles. The number of alkyl halides is 3. The Labute approximate surface area is 324 Å². The number of rotatable bonds is 33. The molecule has 15 nitrogen and oxygen atoms in total. The molecular weight excluding hydrogens is 749 g/mol. The lowest BCUT2D eigenvalue weighted by atomic mass is 10.1. The van der Waals surface area contributed by atoms with Gasteiger partial charge in [-0.3, -0.25) is 14.5 Å². The van der Waals surface area contributed by atoms with Crippen LogP contribution in [-0.4, -0.2) is 155 Å². The third-order valence-corrected chi connectivity index (χ3v) is 7.41. The number of carbonyl (C=O) groups is 3. The van der Waals surface area contributed by atoms with Gasteiger partial charge < -0.3 is 52.7 Å². The normalized spacial score (nSPS) is 12.9. The van der Waals surface area contributed by atoms with Crippen LogP contribution in [0, 0.1) is 0 Å². The van der Waals surface area contributed by atoms with E-state index in [-0.39, 0.29) is 56.0 Å². The number of nitrogens with zero attached hydrogens (tertiary/aromatic N) is 1. The highest BCUT2D eigenvalue weighted by atomic mass is 19.4. The fraction of sp³-hybridized carbons (Fsp3) is 0.553. The molecular formula is C38H51F3N2O13. The molecule has 0 spiro atoms. The minimum Gasteiger partial charge on any atom is -0.460 e. The summed E-state index contributed by atoms with van der Waals surface area (Å²) in [7, 11) is 0. The summed E-state index contributed by atoms with van der Waals surface area (Å²) in [6, 6.07) is 11.1. The van der Waals surface area contributed by atoms with Crippen molar-refractivity contribution in [1.29, 1.82) is 0 Å².